The first-order valence-electron chi connectivity index (χ1n) is 12.2. The minimum absolute atomic E-state index is 0.105. The zero-order valence-electron chi connectivity index (χ0n) is 20.3. The molecule has 2 aromatic heterocycles. The quantitative estimate of drug-likeness (QED) is 0.120. The Morgan fingerprint density at radius 1 is 0.944 bits per heavy atom. The number of allylic oxidation sites excluding steroid dienone is 1. The van der Waals surface area contributed by atoms with Crippen LogP contribution >= 0.6 is 0 Å². The average molecular weight is 484 g/mol. The number of benzene rings is 3. The Hall–Kier alpha value is -4.19. The average Bonchev–Trinajstić information content (AvgIpc) is 3.45. The lowest BCUT2D eigenvalue weighted by Crippen LogP contribution is -2.03. The number of hydrogen-bond acceptors (Lipinski definition) is 5. The summed E-state index contributed by atoms with van der Waals surface area (Å²) in [4.78, 5) is 11.6. The second-order valence-corrected chi connectivity index (χ2v) is 8.91. The van der Waals surface area contributed by atoms with Crippen LogP contribution in [-0.2, 0) is 6.54 Å². The molecule has 36 heavy (non-hydrogen) atoms. The highest BCUT2D eigenvalue weighted by Crippen LogP contribution is 2.32. The fourth-order valence-electron chi connectivity index (χ4n) is 4.50. The summed E-state index contributed by atoms with van der Waals surface area (Å²) in [5.41, 5.74) is 2.81. The van der Waals surface area contributed by atoms with Crippen LogP contribution in [0.5, 0.6) is 11.5 Å². The maximum atomic E-state index is 11.6. The first kappa shape index (κ1) is 23.5. The standard InChI is InChI=1S/C30H29NO5/c1-20(32)14-15-31-26-10-4-3-9-24(26)25-13-12-23(19-27(25)31)34-16-5-6-17-35-28-11-7-8-22-18-29(21(2)33)36-30(22)28/h3-4,7-13,18-19,32H,1,5-6,14-17H2,2H3. The third-order valence-electron chi connectivity index (χ3n) is 6.29. The molecule has 1 N–H and O–H groups in total. The van der Waals surface area contributed by atoms with Crippen molar-refractivity contribution in [2.45, 2.75) is 32.7 Å². The summed E-state index contributed by atoms with van der Waals surface area (Å²) < 4.78 is 19.9. The van der Waals surface area contributed by atoms with Gasteiger partial charge < -0.3 is 23.6 Å². The Labute approximate surface area is 209 Å². The Morgan fingerprint density at radius 3 is 2.53 bits per heavy atom. The predicted octanol–water partition coefficient (Wildman–Crippen LogP) is 7.44. The van der Waals surface area contributed by atoms with Crippen molar-refractivity contribution in [2.75, 3.05) is 13.2 Å². The van der Waals surface area contributed by atoms with Gasteiger partial charge in [-0.15, -0.1) is 0 Å². The van der Waals surface area contributed by atoms with Crippen molar-refractivity contribution in [2.24, 2.45) is 0 Å². The second-order valence-electron chi connectivity index (χ2n) is 8.91. The fourth-order valence-corrected chi connectivity index (χ4v) is 4.50. The number of aliphatic hydroxyl groups excluding tert-OH is 1. The Bertz CT molecular complexity index is 1560. The smallest absolute Gasteiger partial charge is 0.194 e. The maximum Gasteiger partial charge on any atom is 0.194 e. The number of hydrogen-bond donors (Lipinski definition) is 1. The van der Waals surface area contributed by atoms with Gasteiger partial charge in [0.05, 0.1) is 24.5 Å². The Morgan fingerprint density at radius 2 is 1.72 bits per heavy atom. The maximum absolute atomic E-state index is 11.6. The number of carbonyl (C=O) groups is 1. The van der Waals surface area contributed by atoms with E-state index in [0.717, 1.165) is 40.4 Å². The number of aromatic nitrogens is 1. The first-order valence-corrected chi connectivity index (χ1v) is 12.2. The van der Waals surface area contributed by atoms with Crippen molar-refractivity contribution in [3.8, 4) is 11.5 Å². The molecule has 0 aliphatic rings. The van der Waals surface area contributed by atoms with E-state index in [9.17, 15) is 9.90 Å². The van der Waals surface area contributed by atoms with Gasteiger partial charge in [0, 0.05) is 47.6 Å². The molecular weight excluding hydrogens is 454 g/mol. The lowest BCUT2D eigenvalue weighted by Gasteiger charge is -2.10. The highest BCUT2D eigenvalue weighted by molar-refractivity contribution is 6.08. The van der Waals surface area contributed by atoms with Crippen LogP contribution in [0.15, 0.2) is 83.5 Å². The summed E-state index contributed by atoms with van der Waals surface area (Å²) in [6, 6.07) is 21.8. The number of ether oxygens (including phenoxy) is 2. The number of aliphatic hydroxyl groups is 1. The third-order valence-corrected chi connectivity index (χ3v) is 6.29. The van der Waals surface area contributed by atoms with Crippen molar-refractivity contribution in [3.05, 3.63) is 84.8 Å². The molecule has 0 saturated heterocycles. The molecular formula is C30H29NO5. The van der Waals surface area contributed by atoms with Gasteiger partial charge in [-0.3, -0.25) is 4.79 Å². The molecule has 0 saturated carbocycles. The van der Waals surface area contributed by atoms with Gasteiger partial charge in [0.15, 0.2) is 22.9 Å². The number of nitrogens with zero attached hydrogens (tertiary/aromatic N) is 1. The van der Waals surface area contributed by atoms with Gasteiger partial charge in [-0.1, -0.05) is 36.9 Å². The molecule has 6 heteroatoms. The van der Waals surface area contributed by atoms with E-state index in [-0.39, 0.29) is 11.5 Å². The highest BCUT2D eigenvalue weighted by Gasteiger charge is 2.13. The molecule has 0 unspecified atom stereocenters. The van der Waals surface area contributed by atoms with Gasteiger partial charge in [0.25, 0.3) is 0 Å². The van der Waals surface area contributed by atoms with Crippen LogP contribution in [-0.4, -0.2) is 28.7 Å². The van der Waals surface area contributed by atoms with Gasteiger partial charge in [0.1, 0.15) is 5.75 Å². The summed E-state index contributed by atoms with van der Waals surface area (Å²) in [6.45, 7) is 6.86. The highest BCUT2D eigenvalue weighted by atomic mass is 16.5. The normalized spacial score (nSPS) is 11.4. The molecule has 0 radical (unpaired) electrons. The van der Waals surface area contributed by atoms with E-state index in [1.54, 1.807) is 6.07 Å². The molecule has 0 amide bonds. The van der Waals surface area contributed by atoms with E-state index >= 15 is 0 Å². The fraction of sp³-hybridized carbons (Fsp3) is 0.233. The SMILES string of the molecule is C=C(O)CCn1c2ccccc2c2ccc(OCCCCOc3cccc4cc(C(C)=O)oc34)cc21. The minimum atomic E-state index is -0.105. The lowest BCUT2D eigenvalue weighted by atomic mass is 10.1. The zero-order chi connectivity index (χ0) is 25.1. The first-order chi connectivity index (χ1) is 17.5. The van der Waals surface area contributed by atoms with Gasteiger partial charge in [0.2, 0.25) is 0 Å². The Kier molecular flexibility index (Phi) is 6.67. The molecule has 0 fully saturated rings. The summed E-state index contributed by atoms with van der Waals surface area (Å²) in [6.07, 6.45) is 2.15. The van der Waals surface area contributed by atoms with Crippen LogP contribution in [0, 0.1) is 0 Å². The largest absolute Gasteiger partial charge is 0.513 e. The molecule has 184 valence electrons. The molecule has 0 aliphatic carbocycles. The van der Waals surface area contributed by atoms with Gasteiger partial charge in [-0.2, -0.15) is 0 Å². The van der Waals surface area contributed by atoms with Crippen molar-refractivity contribution >= 4 is 38.6 Å². The number of fused-ring (bicyclic) bond motifs is 4. The Balaban J connectivity index is 1.20. The van der Waals surface area contributed by atoms with E-state index in [2.05, 4.69) is 35.4 Å². The monoisotopic (exact) mass is 483 g/mol. The van der Waals surface area contributed by atoms with Crippen molar-refractivity contribution in [1.29, 1.82) is 0 Å². The van der Waals surface area contributed by atoms with Crippen LogP contribution in [0.4, 0.5) is 0 Å². The topological polar surface area (TPSA) is 73.8 Å². The van der Waals surface area contributed by atoms with Gasteiger partial charge in [-0.25, -0.2) is 0 Å². The summed E-state index contributed by atoms with van der Waals surface area (Å²) in [5, 5.41) is 12.8. The lowest BCUT2D eigenvalue weighted by molar-refractivity contribution is 0.0989. The van der Waals surface area contributed by atoms with E-state index in [0.29, 0.717) is 43.3 Å². The van der Waals surface area contributed by atoms with Crippen molar-refractivity contribution in [3.63, 3.8) is 0 Å². The van der Waals surface area contributed by atoms with Gasteiger partial charge >= 0.3 is 0 Å². The molecule has 5 rings (SSSR count). The van der Waals surface area contributed by atoms with E-state index in [1.807, 2.05) is 36.4 Å². The van der Waals surface area contributed by atoms with Gasteiger partial charge in [-0.05, 0) is 43.2 Å². The number of aryl methyl sites for hydroxylation is 1. The molecule has 6 nitrogen and oxygen atoms in total. The summed E-state index contributed by atoms with van der Waals surface area (Å²) >= 11 is 0. The van der Waals surface area contributed by atoms with E-state index in [1.165, 1.54) is 12.3 Å². The second kappa shape index (κ2) is 10.2. The van der Waals surface area contributed by atoms with Crippen LogP contribution in [0.25, 0.3) is 32.8 Å². The van der Waals surface area contributed by atoms with E-state index in [4.69, 9.17) is 13.9 Å². The van der Waals surface area contributed by atoms with Crippen LogP contribution in [0.3, 0.4) is 0 Å². The number of Topliss-reactive ketones (excluding diaryl/α,β-unsaturated/α-hetero) is 1. The molecule has 0 spiro atoms. The van der Waals surface area contributed by atoms with Crippen LogP contribution in [0.1, 0.15) is 36.7 Å². The van der Waals surface area contributed by atoms with E-state index < -0.39 is 0 Å². The molecule has 5 aromatic rings. The number of unbranched alkanes of at least 4 members (excludes halogenated alkanes) is 1. The molecule has 0 atom stereocenters. The summed E-state index contributed by atoms with van der Waals surface area (Å²) in [7, 11) is 0. The van der Waals surface area contributed by atoms with Crippen molar-refractivity contribution in [1.82, 2.24) is 4.57 Å². The molecule has 0 bridgehead atoms. The number of rotatable bonds is 11. The number of ketones is 1. The third kappa shape index (κ3) is 4.80. The molecule has 2 heterocycles. The molecule has 3 aromatic carbocycles. The zero-order valence-corrected chi connectivity index (χ0v) is 20.3. The minimum Gasteiger partial charge on any atom is -0.513 e. The predicted molar refractivity (Wildman–Crippen MR) is 142 cm³/mol. The number of para-hydroxylation sites is 2. The number of carbonyl (C=O) groups excluding carboxylic acids is 1. The number of furan rings is 1. The van der Waals surface area contributed by atoms with Crippen molar-refractivity contribution < 1.29 is 23.8 Å². The molecule has 0 aliphatic heterocycles. The van der Waals surface area contributed by atoms with Crippen LogP contribution < -0.4 is 9.47 Å². The summed E-state index contributed by atoms with van der Waals surface area (Å²) in [5.74, 6) is 1.87. The van der Waals surface area contributed by atoms with Crippen LogP contribution in [0.2, 0.25) is 0 Å².